The third-order valence-corrected chi connectivity index (χ3v) is 7.33. The maximum atomic E-state index is 12.7. The van der Waals surface area contributed by atoms with Gasteiger partial charge in [0.05, 0.1) is 4.90 Å². The molecule has 0 atom stereocenters. The van der Waals surface area contributed by atoms with Crippen molar-refractivity contribution in [1.29, 1.82) is 0 Å². The summed E-state index contributed by atoms with van der Waals surface area (Å²) in [7, 11) is -3.49. The number of fused-ring (bicyclic) bond motifs is 2. The zero-order valence-electron chi connectivity index (χ0n) is 16.6. The Morgan fingerprint density at radius 3 is 2.83 bits per heavy atom. The van der Waals surface area contributed by atoms with Gasteiger partial charge in [-0.1, -0.05) is 34.5 Å². The van der Waals surface area contributed by atoms with Crippen LogP contribution in [0, 0.1) is 0 Å². The number of aryl methyl sites for hydroxylation is 1. The lowest BCUT2D eigenvalue weighted by atomic mass is 10.0. The number of benzene rings is 2. The molecule has 30 heavy (non-hydrogen) atoms. The van der Waals surface area contributed by atoms with Crippen molar-refractivity contribution in [1.82, 2.24) is 4.72 Å². The Bertz CT molecular complexity index is 1100. The molecule has 0 saturated carbocycles. The van der Waals surface area contributed by atoms with E-state index >= 15 is 0 Å². The number of unbranched alkanes of at least 4 members (excludes halogenated alkanes) is 2. The highest BCUT2D eigenvalue weighted by Crippen LogP contribution is 2.30. The van der Waals surface area contributed by atoms with E-state index in [0.29, 0.717) is 24.4 Å². The van der Waals surface area contributed by atoms with Gasteiger partial charge in [-0.05, 0) is 61.6 Å². The number of aliphatic imine (C=N–C) groups is 1. The molecule has 0 spiro atoms. The molecule has 2 heterocycles. The number of anilines is 1. The highest BCUT2D eigenvalue weighted by Gasteiger charge is 2.29. The second-order valence-corrected chi connectivity index (χ2v) is 10.1. The van der Waals surface area contributed by atoms with Crippen LogP contribution in [0.4, 0.5) is 5.69 Å². The molecule has 158 valence electrons. The van der Waals surface area contributed by atoms with E-state index in [4.69, 9.17) is 0 Å². The number of carbonyl (C=O) groups is 1. The van der Waals surface area contributed by atoms with Gasteiger partial charge in [0.25, 0.3) is 10.0 Å². The van der Waals surface area contributed by atoms with E-state index in [0.717, 1.165) is 48.8 Å². The van der Waals surface area contributed by atoms with Crippen LogP contribution in [0.15, 0.2) is 56.8 Å². The summed E-state index contributed by atoms with van der Waals surface area (Å²) in [5, 5.41) is 0. The Morgan fingerprint density at radius 2 is 1.97 bits per heavy atom. The zero-order chi connectivity index (χ0) is 21.1. The van der Waals surface area contributed by atoms with E-state index in [9.17, 15) is 13.2 Å². The van der Waals surface area contributed by atoms with E-state index in [1.54, 1.807) is 24.3 Å². The minimum Gasteiger partial charge on any atom is -0.312 e. The summed E-state index contributed by atoms with van der Waals surface area (Å²) in [6, 6.07) is 13.0. The third-order valence-electron chi connectivity index (χ3n) is 5.44. The Kier molecular flexibility index (Phi) is 6.24. The van der Waals surface area contributed by atoms with Gasteiger partial charge in [0, 0.05) is 35.2 Å². The molecule has 0 fully saturated rings. The molecule has 2 aromatic rings. The van der Waals surface area contributed by atoms with Crippen molar-refractivity contribution < 1.29 is 13.2 Å². The maximum absolute atomic E-state index is 12.7. The van der Waals surface area contributed by atoms with Gasteiger partial charge >= 0.3 is 0 Å². The van der Waals surface area contributed by atoms with Gasteiger partial charge in [0.15, 0.2) is 0 Å². The molecule has 4 rings (SSSR count). The van der Waals surface area contributed by atoms with E-state index in [2.05, 4.69) is 31.7 Å². The molecule has 2 aliphatic heterocycles. The van der Waals surface area contributed by atoms with Crippen molar-refractivity contribution in [3.8, 4) is 0 Å². The van der Waals surface area contributed by atoms with Crippen molar-refractivity contribution in [3.63, 3.8) is 0 Å². The summed E-state index contributed by atoms with van der Waals surface area (Å²) in [5.74, 6) is 0.583. The fraction of sp³-hybridized carbons (Fsp3) is 0.364. The second-order valence-electron chi connectivity index (χ2n) is 7.56. The fourth-order valence-corrected chi connectivity index (χ4v) is 5.63. The lowest BCUT2D eigenvalue weighted by Gasteiger charge is -2.29. The summed E-state index contributed by atoms with van der Waals surface area (Å²) >= 11 is 3.50. The van der Waals surface area contributed by atoms with Crippen molar-refractivity contribution in [2.45, 2.75) is 43.4 Å². The minimum absolute atomic E-state index is 0.169. The summed E-state index contributed by atoms with van der Waals surface area (Å²) in [6.07, 6.45) is 4.99. The molecule has 2 aromatic carbocycles. The minimum atomic E-state index is -3.49. The first-order valence-corrected chi connectivity index (χ1v) is 12.5. The predicted octanol–water partition coefficient (Wildman–Crippen LogP) is 4.03. The van der Waals surface area contributed by atoms with E-state index < -0.39 is 10.0 Å². The summed E-state index contributed by atoms with van der Waals surface area (Å²) in [4.78, 5) is 19.3. The molecule has 0 saturated heterocycles. The lowest BCUT2D eigenvalue weighted by Crippen LogP contribution is -2.35. The number of carbonyl (C=O) groups excluding carboxylic acids is 1. The number of nitrogens with one attached hydrogen (secondary N) is 1. The first-order chi connectivity index (χ1) is 14.5. The van der Waals surface area contributed by atoms with Gasteiger partial charge in [-0.3, -0.25) is 14.5 Å². The van der Waals surface area contributed by atoms with Crippen LogP contribution in [0.2, 0.25) is 0 Å². The largest absolute Gasteiger partial charge is 0.312 e. The Hall–Kier alpha value is -2.19. The predicted molar refractivity (Wildman–Crippen MR) is 121 cm³/mol. The number of rotatable bonds is 6. The molecule has 0 bridgehead atoms. The Morgan fingerprint density at radius 1 is 1.13 bits per heavy atom. The number of sulfonamides is 1. The number of hydrogen-bond donors (Lipinski definition) is 1. The van der Waals surface area contributed by atoms with Crippen LogP contribution in [-0.4, -0.2) is 33.3 Å². The maximum Gasteiger partial charge on any atom is 0.263 e. The summed E-state index contributed by atoms with van der Waals surface area (Å²) < 4.78 is 27.8. The molecule has 8 heteroatoms. The van der Waals surface area contributed by atoms with Gasteiger partial charge < -0.3 is 4.90 Å². The highest BCUT2D eigenvalue weighted by molar-refractivity contribution is 9.10. The fourth-order valence-electron chi connectivity index (χ4n) is 3.97. The molecule has 2 aliphatic rings. The molecular formula is C22H24BrN3O3S. The molecule has 1 amide bonds. The van der Waals surface area contributed by atoms with Crippen LogP contribution >= 0.6 is 15.9 Å². The van der Waals surface area contributed by atoms with Gasteiger partial charge in [-0.2, -0.15) is 0 Å². The smallest absolute Gasteiger partial charge is 0.263 e. The average Bonchev–Trinajstić information content (AvgIpc) is 3.00. The number of nitrogens with zero attached hydrogens (tertiary/aromatic N) is 2. The monoisotopic (exact) mass is 489 g/mol. The molecule has 0 aliphatic carbocycles. The van der Waals surface area contributed by atoms with Crippen molar-refractivity contribution >= 4 is 43.4 Å². The van der Waals surface area contributed by atoms with Crippen molar-refractivity contribution in [2.24, 2.45) is 4.99 Å². The molecule has 0 aromatic heterocycles. The van der Waals surface area contributed by atoms with E-state index in [1.807, 2.05) is 17.0 Å². The van der Waals surface area contributed by atoms with E-state index in [1.165, 1.54) is 5.56 Å². The number of hydrogen-bond acceptors (Lipinski definition) is 4. The number of halogens is 1. The van der Waals surface area contributed by atoms with Crippen molar-refractivity contribution in [3.05, 3.63) is 58.1 Å². The molecule has 0 radical (unpaired) electrons. The average molecular weight is 490 g/mol. The van der Waals surface area contributed by atoms with Crippen LogP contribution in [-0.2, 0) is 21.2 Å². The lowest BCUT2D eigenvalue weighted by molar-refractivity contribution is -0.118. The van der Waals surface area contributed by atoms with Crippen molar-refractivity contribution in [2.75, 3.05) is 18.0 Å². The Labute approximate surface area is 185 Å². The normalized spacial score (nSPS) is 18.0. The van der Waals surface area contributed by atoms with Crippen LogP contribution in [0.1, 0.15) is 43.2 Å². The first kappa shape index (κ1) is 21.1. The van der Waals surface area contributed by atoms with Crippen LogP contribution in [0.5, 0.6) is 0 Å². The topological polar surface area (TPSA) is 78.8 Å². The second kappa shape index (κ2) is 8.89. The third kappa shape index (κ3) is 4.44. The van der Waals surface area contributed by atoms with Gasteiger partial charge in [0.1, 0.15) is 5.84 Å². The standard InChI is InChI=1S/C22H24BrN3O3S/c23-17-11-12-19-16(15-17)7-6-14-26(19)21(27)10-2-1-5-13-24-22-18-8-3-4-9-20(18)30(28,29)25-22/h3-4,8-9,11-12,15H,1-2,5-7,10,13-14H2,(H,24,25). The number of amides is 1. The highest BCUT2D eigenvalue weighted by atomic mass is 79.9. The van der Waals surface area contributed by atoms with Crippen LogP contribution in [0.25, 0.3) is 0 Å². The Balaban J connectivity index is 1.26. The molecule has 6 nitrogen and oxygen atoms in total. The quantitative estimate of drug-likeness (QED) is 0.622. The molecule has 1 N–H and O–H groups in total. The van der Waals surface area contributed by atoms with Crippen LogP contribution < -0.4 is 9.62 Å². The van der Waals surface area contributed by atoms with Crippen LogP contribution in [0.3, 0.4) is 0 Å². The van der Waals surface area contributed by atoms with Gasteiger partial charge in [-0.15, -0.1) is 0 Å². The molecule has 0 unspecified atom stereocenters. The molecular weight excluding hydrogens is 466 g/mol. The van der Waals surface area contributed by atoms with Gasteiger partial charge in [-0.25, -0.2) is 8.42 Å². The number of amidine groups is 1. The summed E-state index contributed by atoms with van der Waals surface area (Å²) in [6.45, 7) is 1.31. The zero-order valence-corrected chi connectivity index (χ0v) is 19.0. The first-order valence-electron chi connectivity index (χ1n) is 10.2. The SMILES string of the molecule is O=C(CCCCCN=C1NS(=O)(=O)c2ccccc21)N1CCCc2cc(Br)ccc21. The summed E-state index contributed by atoms with van der Waals surface area (Å²) in [5.41, 5.74) is 2.88. The van der Waals surface area contributed by atoms with Gasteiger partial charge in [0.2, 0.25) is 5.91 Å². The van der Waals surface area contributed by atoms with E-state index in [-0.39, 0.29) is 10.8 Å².